The number of fused-ring (bicyclic) bond motifs is 1. The molecule has 0 bridgehead atoms. The molecule has 6 rings (SSSR count). The number of carbonyl (C=O) groups excluding carboxylic acids is 1. The maximum Gasteiger partial charge on any atom is 0.168 e. The molecular weight excluding hydrogens is 519 g/mol. The highest BCUT2D eigenvalue weighted by atomic mass is 35.5. The number of aromatic nitrogens is 1. The Bertz CT molecular complexity index is 1490. The van der Waals surface area contributed by atoms with E-state index in [1.807, 2.05) is 42.5 Å². The predicted molar refractivity (Wildman–Crippen MR) is 153 cm³/mol. The van der Waals surface area contributed by atoms with Crippen LogP contribution < -0.4 is 4.74 Å². The van der Waals surface area contributed by atoms with Gasteiger partial charge in [0.05, 0.1) is 15.6 Å². The van der Waals surface area contributed by atoms with Crippen molar-refractivity contribution in [3.05, 3.63) is 76.4 Å². The summed E-state index contributed by atoms with van der Waals surface area (Å²) in [6, 6.07) is 17.2. The van der Waals surface area contributed by atoms with Gasteiger partial charge >= 0.3 is 0 Å². The molecule has 0 radical (unpaired) electrons. The van der Waals surface area contributed by atoms with Gasteiger partial charge in [-0.1, -0.05) is 41.4 Å². The highest BCUT2D eigenvalue weighted by Gasteiger charge is 2.32. The number of ketones is 1. The van der Waals surface area contributed by atoms with Gasteiger partial charge in [0.2, 0.25) is 0 Å². The summed E-state index contributed by atoms with van der Waals surface area (Å²) in [7, 11) is 0. The minimum atomic E-state index is -0.139. The highest BCUT2D eigenvalue weighted by Crippen LogP contribution is 2.41. The lowest BCUT2D eigenvalue weighted by Gasteiger charge is -2.16. The minimum absolute atomic E-state index is 0.0686. The van der Waals surface area contributed by atoms with Gasteiger partial charge in [-0.05, 0) is 91.9 Å². The van der Waals surface area contributed by atoms with Crippen LogP contribution in [0.2, 0.25) is 10.0 Å². The number of benzene rings is 3. The molecule has 0 amide bonds. The van der Waals surface area contributed by atoms with Crippen molar-refractivity contribution < 1.29 is 14.6 Å². The van der Waals surface area contributed by atoms with Gasteiger partial charge in [-0.25, -0.2) is 0 Å². The van der Waals surface area contributed by atoms with Gasteiger partial charge < -0.3 is 9.84 Å². The number of phenolic OH excluding ortho intramolecular Hbond substituents is 1. The normalized spacial score (nSPS) is 15.7. The van der Waals surface area contributed by atoms with E-state index in [2.05, 4.69) is 9.88 Å². The monoisotopic (exact) mass is 546 g/mol. The molecule has 2 fully saturated rings. The number of hydrogen-bond donors (Lipinski definition) is 1. The third kappa shape index (κ3) is 5.11. The van der Waals surface area contributed by atoms with Gasteiger partial charge in [-0.3, -0.25) is 14.7 Å². The number of ether oxygens (including phenoxy) is 1. The number of halogens is 2. The smallest absolute Gasteiger partial charge is 0.168 e. The van der Waals surface area contributed by atoms with Crippen LogP contribution in [0.3, 0.4) is 0 Å². The Balaban J connectivity index is 1.38. The number of rotatable bonds is 8. The molecule has 194 valence electrons. The van der Waals surface area contributed by atoms with Crippen LogP contribution in [0, 0.1) is 5.92 Å². The molecule has 1 aliphatic heterocycles. The van der Waals surface area contributed by atoms with Crippen LogP contribution in [0.25, 0.3) is 33.2 Å². The zero-order valence-corrected chi connectivity index (χ0v) is 22.4. The molecule has 38 heavy (non-hydrogen) atoms. The molecule has 1 saturated heterocycles. The molecule has 1 aliphatic carbocycles. The molecule has 0 spiro atoms. The van der Waals surface area contributed by atoms with Crippen LogP contribution in [-0.4, -0.2) is 47.0 Å². The van der Waals surface area contributed by atoms with Crippen LogP contribution in [0.15, 0.2) is 60.8 Å². The zero-order chi connectivity index (χ0) is 26.2. The Hall–Kier alpha value is -3.12. The standard InChI is InChI=1S/C31H28Cl2N2O3/c32-26-16-22(17-27(33)31(26)37)21-7-10-28-24(15-21)29(25(18-34-28)30(36)20-3-4-20)19-5-8-23(9-6-19)38-14-13-35-11-1-2-12-35/h5-10,15-18,20,37H,1-4,11-14H2. The average Bonchev–Trinajstić information content (AvgIpc) is 3.66. The van der Waals surface area contributed by atoms with Gasteiger partial charge in [0.15, 0.2) is 11.5 Å². The summed E-state index contributed by atoms with van der Waals surface area (Å²) in [6.07, 6.45) is 6.10. The van der Waals surface area contributed by atoms with E-state index >= 15 is 0 Å². The molecule has 2 heterocycles. The average molecular weight is 547 g/mol. The molecule has 2 aliphatic rings. The molecular formula is C31H28Cl2N2O3. The van der Waals surface area contributed by atoms with Gasteiger partial charge in [-0.2, -0.15) is 0 Å². The fraction of sp³-hybridized carbons (Fsp3) is 0.290. The fourth-order valence-electron chi connectivity index (χ4n) is 5.18. The maximum atomic E-state index is 13.3. The van der Waals surface area contributed by atoms with Crippen LogP contribution in [0.1, 0.15) is 36.0 Å². The van der Waals surface area contributed by atoms with Crippen molar-refractivity contribution in [3.63, 3.8) is 0 Å². The summed E-state index contributed by atoms with van der Waals surface area (Å²) < 4.78 is 6.01. The topological polar surface area (TPSA) is 62.7 Å². The number of carbonyl (C=O) groups is 1. The molecule has 5 nitrogen and oxygen atoms in total. The van der Waals surface area contributed by atoms with Crippen molar-refractivity contribution in [1.29, 1.82) is 0 Å². The second-order valence-electron chi connectivity index (χ2n) is 10.1. The second-order valence-corrected chi connectivity index (χ2v) is 10.9. The molecule has 0 unspecified atom stereocenters. The van der Waals surface area contributed by atoms with E-state index in [1.54, 1.807) is 18.3 Å². The molecule has 1 saturated carbocycles. The Morgan fingerprint density at radius 2 is 1.63 bits per heavy atom. The van der Waals surface area contributed by atoms with E-state index in [-0.39, 0.29) is 27.5 Å². The van der Waals surface area contributed by atoms with Crippen molar-refractivity contribution >= 4 is 39.9 Å². The van der Waals surface area contributed by atoms with Crippen LogP contribution in [0.4, 0.5) is 0 Å². The molecule has 3 aromatic carbocycles. The summed E-state index contributed by atoms with van der Waals surface area (Å²) in [5.41, 5.74) is 4.87. The van der Waals surface area contributed by atoms with E-state index in [1.165, 1.54) is 12.8 Å². The first-order chi connectivity index (χ1) is 18.5. The van der Waals surface area contributed by atoms with Gasteiger partial charge in [0.1, 0.15) is 12.4 Å². The molecule has 0 atom stereocenters. The quantitative estimate of drug-likeness (QED) is 0.230. The number of phenols is 1. The van der Waals surface area contributed by atoms with Gasteiger partial charge in [0, 0.05) is 35.2 Å². The van der Waals surface area contributed by atoms with Crippen molar-refractivity contribution in [1.82, 2.24) is 9.88 Å². The van der Waals surface area contributed by atoms with E-state index in [9.17, 15) is 9.90 Å². The maximum absolute atomic E-state index is 13.3. The summed E-state index contributed by atoms with van der Waals surface area (Å²) in [5.74, 6) is 0.885. The lowest BCUT2D eigenvalue weighted by atomic mass is 9.91. The minimum Gasteiger partial charge on any atom is -0.505 e. The first-order valence-electron chi connectivity index (χ1n) is 13.1. The summed E-state index contributed by atoms with van der Waals surface area (Å²) in [5, 5.41) is 11.2. The first-order valence-corrected chi connectivity index (χ1v) is 13.8. The third-order valence-electron chi connectivity index (χ3n) is 7.45. The number of pyridine rings is 1. The third-order valence-corrected chi connectivity index (χ3v) is 8.03. The molecule has 1 N–H and O–H groups in total. The Kier molecular flexibility index (Phi) is 7.00. The highest BCUT2D eigenvalue weighted by molar-refractivity contribution is 6.37. The number of aromatic hydroxyl groups is 1. The van der Waals surface area contributed by atoms with E-state index in [0.717, 1.165) is 71.4 Å². The van der Waals surface area contributed by atoms with E-state index in [0.29, 0.717) is 12.2 Å². The number of Topliss-reactive ketones (excluding diaryl/α,β-unsaturated/α-hetero) is 1. The molecule has 1 aromatic heterocycles. The lowest BCUT2D eigenvalue weighted by Crippen LogP contribution is -2.25. The van der Waals surface area contributed by atoms with Crippen LogP contribution >= 0.6 is 23.2 Å². The van der Waals surface area contributed by atoms with Crippen molar-refractivity contribution in [2.45, 2.75) is 25.7 Å². The Labute approximate surface area is 232 Å². The van der Waals surface area contributed by atoms with Crippen molar-refractivity contribution in [2.24, 2.45) is 5.92 Å². The largest absolute Gasteiger partial charge is 0.505 e. The molecule has 7 heteroatoms. The van der Waals surface area contributed by atoms with Gasteiger partial charge in [-0.15, -0.1) is 0 Å². The van der Waals surface area contributed by atoms with Gasteiger partial charge in [0.25, 0.3) is 0 Å². The number of likely N-dealkylation sites (tertiary alicyclic amines) is 1. The predicted octanol–water partition coefficient (Wildman–Crippen LogP) is 7.65. The number of hydrogen-bond acceptors (Lipinski definition) is 5. The Morgan fingerprint density at radius 1 is 0.947 bits per heavy atom. The van der Waals surface area contributed by atoms with Crippen LogP contribution in [-0.2, 0) is 0 Å². The molecule has 4 aromatic rings. The Morgan fingerprint density at radius 3 is 2.32 bits per heavy atom. The second kappa shape index (κ2) is 10.6. The lowest BCUT2D eigenvalue weighted by molar-refractivity contribution is 0.0968. The summed E-state index contributed by atoms with van der Waals surface area (Å²) >= 11 is 12.4. The summed E-state index contributed by atoms with van der Waals surface area (Å²) in [4.78, 5) is 20.4. The fourth-order valence-corrected chi connectivity index (χ4v) is 5.67. The van der Waals surface area contributed by atoms with Crippen molar-refractivity contribution in [3.8, 4) is 33.8 Å². The summed E-state index contributed by atoms with van der Waals surface area (Å²) in [6.45, 7) is 3.90. The zero-order valence-electron chi connectivity index (χ0n) is 20.9. The van der Waals surface area contributed by atoms with Crippen LogP contribution in [0.5, 0.6) is 11.5 Å². The SMILES string of the molecule is O=C(c1cnc2ccc(-c3cc(Cl)c(O)c(Cl)c3)cc2c1-c1ccc(OCCN2CCCC2)cc1)C1CC1. The van der Waals surface area contributed by atoms with E-state index < -0.39 is 0 Å². The first kappa shape index (κ1) is 25.2. The van der Waals surface area contributed by atoms with Crippen molar-refractivity contribution in [2.75, 3.05) is 26.2 Å². The number of nitrogens with zero attached hydrogens (tertiary/aromatic N) is 2. The van der Waals surface area contributed by atoms with E-state index in [4.69, 9.17) is 27.9 Å².